The second-order valence-electron chi connectivity index (χ2n) is 7.61. The number of halogens is 2. The molecule has 0 saturated heterocycles. The highest BCUT2D eigenvalue weighted by Crippen LogP contribution is 2.38. The molecule has 2 amide bonds. The van der Waals surface area contributed by atoms with Gasteiger partial charge in [0.05, 0.1) is 22.0 Å². The summed E-state index contributed by atoms with van der Waals surface area (Å²) in [7, 11) is 1.67. The van der Waals surface area contributed by atoms with Crippen molar-refractivity contribution in [2.45, 2.75) is 25.4 Å². The fourth-order valence-corrected chi connectivity index (χ4v) is 3.85. The number of nitrogens with zero attached hydrogens (tertiary/aromatic N) is 2. The first-order chi connectivity index (χ1) is 15.4. The Morgan fingerprint density at radius 1 is 1.25 bits per heavy atom. The van der Waals surface area contributed by atoms with Crippen LogP contribution in [-0.2, 0) is 11.2 Å². The number of cyclic esters (lactones) is 1. The van der Waals surface area contributed by atoms with Gasteiger partial charge in [-0.3, -0.25) is 10.1 Å². The summed E-state index contributed by atoms with van der Waals surface area (Å²) in [6.07, 6.45) is 1.77. The number of hydrogen-bond acceptors (Lipinski definition) is 4. The lowest BCUT2D eigenvalue weighted by molar-refractivity contribution is 0.0750. The van der Waals surface area contributed by atoms with Crippen LogP contribution in [0.25, 0.3) is 0 Å². The van der Waals surface area contributed by atoms with E-state index in [-0.39, 0.29) is 22.3 Å². The standard InChI is InChI=1S/C23H22ClFN4O3/c1-29(22(30)21-26-13-15(27-21)12-14-6-3-2-4-7-14)11-5-8-18-19-17(28-23(31)32-18)10-9-16(24)20(19)25/h2-4,6-7,9-10,13,18H,5,8,11-12H2,1H3,(H,26,27)(H,28,31). The SMILES string of the molecule is CN(CCCC1OC(=O)Nc2ccc(Cl)c(F)c21)C(=O)c1nc(Cc2ccccc2)c[nH]1. The van der Waals surface area contributed by atoms with E-state index in [0.717, 1.165) is 11.3 Å². The van der Waals surface area contributed by atoms with Crippen molar-refractivity contribution in [3.05, 3.63) is 82.1 Å². The minimum atomic E-state index is -0.776. The third kappa shape index (κ3) is 4.75. The average molecular weight is 457 g/mol. The van der Waals surface area contributed by atoms with E-state index in [1.807, 2.05) is 30.3 Å². The number of imidazole rings is 1. The van der Waals surface area contributed by atoms with Gasteiger partial charge in [-0.25, -0.2) is 14.2 Å². The molecule has 0 radical (unpaired) electrons. The number of anilines is 1. The normalized spacial score (nSPS) is 15.0. The molecule has 1 atom stereocenters. The van der Waals surface area contributed by atoms with Gasteiger partial charge in [0.15, 0.2) is 11.6 Å². The molecule has 2 aromatic carbocycles. The first-order valence-corrected chi connectivity index (χ1v) is 10.6. The van der Waals surface area contributed by atoms with Crippen molar-refractivity contribution >= 4 is 29.3 Å². The van der Waals surface area contributed by atoms with Crippen LogP contribution < -0.4 is 5.32 Å². The van der Waals surface area contributed by atoms with Crippen LogP contribution in [0.3, 0.4) is 0 Å². The van der Waals surface area contributed by atoms with E-state index in [1.165, 1.54) is 11.0 Å². The van der Waals surface area contributed by atoms with Gasteiger partial charge in [0.25, 0.3) is 5.91 Å². The summed E-state index contributed by atoms with van der Waals surface area (Å²) in [5.41, 5.74) is 2.45. The van der Waals surface area contributed by atoms with Crippen molar-refractivity contribution in [2.24, 2.45) is 0 Å². The number of hydrogen-bond donors (Lipinski definition) is 2. The molecule has 2 N–H and O–H groups in total. The lowest BCUT2D eigenvalue weighted by Gasteiger charge is -2.27. The molecule has 1 aliphatic heterocycles. The van der Waals surface area contributed by atoms with Gasteiger partial charge < -0.3 is 14.6 Å². The molecule has 2 heterocycles. The summed E-state index contributed by atoms with van der Waals surface area (Å²) < 4.78 is 19.8. The van der Waals surface area contributed by atoms with Crippen molar-refractivity contribution < 1.29 is 18.7 Å². The Hall–Kier alpha value is -3.39. The lowest BCUT2D eigenvalue weighted by Crippen LogP contribution is -2.30. The summed E-state index contributed by atoms with van der Waals surface area (Å²) in [5, 5.41) is 2.44. The number of carbonyl (C=O) groups excluding carboxylic acids is 2. The third-order valence-corrected chi connectivity index (χ3v) is 5.60. The minimum Gasteiger partial charge on any atom is -0.441 e. The lowest BCUT2D eigenvalue weighted by atomic mass is 10.0. The molecule has 1 aromatic heterocycles. The zero-order valence-corrected chi connectivity index (χ0v) is 18.2. The number of aromatic amines is 1. The van der Waals surface area contributed by atoms with Crippen LogP contribution in [0.15, 0.2) is 48.7 Å². The number of benzene rings is 2. The summed E-state index contributed by atoms with van der Waals surface area (Å²) in [4.78, 5) is 33.4. The van der Waals surface area contributed by atoms with E-state index < -0.39 is 18.0 Å². The van der Waals surface area contributed by atoms with Gasteiger partial charge in [-0.1, -0.05) is 41.9 Å². The molecular formula is C23H22ClFN4O3. The van der Waals surface area contributed by atoms with E-state index in [4.69, 9.17) is 16.3 Å². The van der Waals surface area contributed by atoms with Crippen molar-refractivity contribution in [2.75, 3.05) is 18.9 Å². The van der Waals surface area contributed by atoms with Crippen molar-refractivity contribution in [3.8, 4) is 0 Å². The fourth-order valence-electron chi connectivity index (χ4n) is 3.68. The number of carbonyl (C=O) groups is 2. The highest BCUT2D eigenvalue weighted by molar-refractivity contribution is 6.31. The number of fused-ring (bicyclic) bond motifs is 1. The zero-order chi connectivity index (χ0) is 22.7. The van der Waals surface area contributed by atoms with Crippen LogP contribution in [-0.4, -0.2) is 40.5 Å². The van der Waals surface area contributed by atoms with Gasteiger partial charge in [-0.05, 0) is 30.5 Å². The van der Waals surface area contributed by atoms with Gasteiger partial charge >= 0.3 is 6.09 Å². The maximum absolute atomic E-state index is 14.5. The number of ether oxygens (including phenoxy) is 1. The summed E-state index contributed by atoms with van der Waals surface area (Å²) in [6, 6.07) is 12.8. The van der Waals surface area contributed by atoms with E-state index in [9.17, 15) is 14.0 Å². The van der Waals surface area contributed by atoms with Crippen LogP contribution in [0.1, 0.15) is 46.4 Å². The van der Waals surface area contributed by atoms with E-state index >= 15 is 0 Å². The molecule has 32 heavy (non-hydrogen) atoms. The highest BCUT2D eigenvalue weighted by atomic mass is 35.5. The predicted molar refractivity (Wildman–Crippen MR) is 118 cm³/mol. The van der Waals surface area contributed by atoms with Gasteiger partial charge in [0, 0.05) is 26.2 Å². The number of aromatic nitrogens is 2. The molecule has 0 aliphatic carbocycles. The molecule has 3 aromatic rings. The van der Waals surface area contributed by atoms with Crippen LogP contribution in [0, 0.1) is 5.82 Å². The topological polar surface area (TPSA) is 87.3 Å². The summed E-state index contributed by atoms with van der Waals surface area (Å²) in [6.45, 7) is 0.381. The van der Waals surface area contributed by atoms with Crippen LogP contribution in [0.2, 0.25) is 5.02 Å². The third-order valence-electron chi connectivity index (χ3n) is 5.31. The first kappa shape index (κ1) is 21.8. The Kier molecular flexibility index (Phi) is 6.41. The number of amides is 2. The second kappa shape index (κ2) is 9.40. The molecule has 1 aliphatic rings. The fraction of sp³-hybridized carbons (Fsp3) is 0.261. The Morgan fingerprint density at radius 2 is 2.03 bits per heavy atom. The molecule has 0 spiro atoms. The van der Waals surface area contributed by atoms with E-state index in [1.54, 1.807) is 19.3 Å². The van der Waals surface area contributed by atoms with Gasteiger partial charge in [0.1, 0.15) is 6.10 Å². The Balaban J connectivity index is 1.35. The molecular weight excluding hydrogens is 435 g/mol. The Bertz CT molecular complexity index is 1140. The summed E-state index contributed by atoms with van der Waals surface area (Å²) >= 11 is 5.89. The quantitative estimate of drug-likeness (QED) is 0.526. The number of nitrogens with one attached hydrogen (secondary N) is 2. The van der Waals surface area contributed by atoms with E-state index in [2.05, 4.69) is 15.3 Å². The predicted octanol–water partition coefficient (Wildman–Crippen LogP) is 4.95. The van der Waals surface area contributed by atoms with Crippen molar-refractivity contribution in [1.29, 1.82) is 0 Å². The second-order valence-corrected chi connectivity index (χ2v) is 8.02. The van der Waals surface area contributed by atoms with Gasteiger partial charge in [0.2, 0.25) is 0 Å². The van der Waals surface area contributed by atoms with E-state index in [0.29, 0.717) is 31.5 Å². The largest absolute Gasteiger partial charge is 0.441 e. The van der Waals surface area contributed by atoms with Gasteiger partial charge in [-0.15, -0.1) is 0 Å². The van der Waals surface area contributed by atoms with Gasteiger partial charge in [-0.2, -0.15) is 0 Å². The highest BCUT2D eigenvalue weighted by Gasteiger charge is 2.30. The minimum absolute atomic E-state index is 0.0371. The maximum atomic E-state index is 14.5. The molecule has 0 saturated carbocycles. The summed E-state index contributed by atoms with van der Waals surface area (Å²) in [5.74, 6) is -0.601. The van der Waals surface area contributed by atoms with Crippen molar-refractivity contribution in [3.63, 3.8) is 0 Å². The number of H-pyrrole nitrogens is 1. The molecule has 0 bridgehead atoms. The average Bonchev–Trinajstić information content (AvgIpc) is 3.24. The monoisotopic (exact) mass is 456 g/mol. The van der Waals surface area contributed by atoms with Crippen LogP contribution in [0.4, 0.5) is 14.9 Å². The molecule has 7 nitrogen and oxygen atoms in total. The molecule has 4 rings (SSSR count). The zero-order valence-electron chi connectivity index (χ0n) is 17.4. The molecule has 166 valence electrons. The van der Waals surface area contributed by atoms with Crippen LogP contribution in [0.5, 0.6) is 0 Å². The Labute approximate surface area is 189 Å². The van der Waals surface area contributed by atoms with Crippen molar-refractivity contribution in [1.82, 2.24) is 14.9 Å². The smallest absolute Gasteiger partial charge is 0.412 e. The first-order valence-electron chi connectivity index (χ1n) is 10.2. The molecule has 9 heteroatoms. The molecule has 1 unspecified atom stereocenters. The maximum Gasteiger partial charge on any atom is 0.412 e. The van der Waals surface area contributed by atoms with Crippen LogP contribution >= 0.6 is 11.6 Å². The number of rotatable bonds is 7. The molecule has 0 fully saturated rings. The Morgan fingerprint density at radius 3 is 2.81 bits per heavy atom.